The van der Waals surface area contributed by atoms with Crippen molar-refractivity contribution in [2.24, 2.45) is 0 Å². The van der Waals surface area contributed by atoms with E-state index in [1.165, 1.54) is 12.8 Å². The first-order valence-electron chi connectivity index (χ1n) is 5.07. The molecule has 76 valence electrons. The first-order chi connectivity index (χ1) is 6.22. The summed E-state index contributed by atoms with van der Waals surface area (Å²) in [7, 11) is 0. The third-order valence-electron chi connectivity index (χ3n) is 2.14. The highest BCUT2D eigenvalue weighted by molar-refractivity contribution is 5.70. The molecule has 3 heteroatoms. The van der Waals surface area contributed by atoms with E-state index in [1.807, 2.05) is 6.92 Å². The largest absolute Gasteiger partial charge is 0.436 e. The normalized spacial score (nSPS) is 28.6. The lowest BCUT2D eigenvalue weighted by molar-refractivity contribution is -0.214. The molecule has 2 atom stereocenters. The predicted octanol–water partition coefficient (Wildman–Crippen LogP) is 2.24. The molecule has 13 heavy (non-hydrogen) atoms. The standard InChI is InChI=1S/C10H18O3/c1-3-4-5-6-10-12-8(2)7-9(11)13-10/h8,10H,3-7H2,1-2H3/t8-,10-/m1/s1. The van der Waals surface area contributed by atoms with Crippen molar-refractivity contribution in [2.45, 2.75) is 58.3 Å². The van der Waals surface area contributed by atoms with Crippen LogP contribution in [0.5, 0.6) is 0 Å². The van der Waals surface area contributed by atoms with Crippen LogP contribution in [0.15, 0.2) is 0 Å². The monoisotopic (exact) mass is 186 g/mol. The average molecular weight is 186 g/mol. The number of esters is 1. The summed E-state index contributed by atoms with van der Waals surface area (Å²) < 4.78 is 10.5. The molecule has 0 saturated carbocycles. The van der Waals surface area contributed by atoms with Crippen LogP contribution in [0.4, 0.5) is 0 Å². The highest BCUT2D eigenvalue weighted by Gasteiger charge is 2.25. The van der Waals surface area contributed by atoms with E-state index in [-0.39, 0.29) is 18.4 Å². The highest BCUT2D eigenvalue weighted by Crippen LogP contribution is 2.17. The van der Waals surface area contributed by atoms with Crippen molar-refractivity contribution in [3.63, 3.8) is 0 Å². The van der Waals surface area contributed by atoms with Gasteiger partial charge in [0.2, 0.25) is 6.29 Å². The zero-order valence-electron chi connectivity index (χ0n) is 8.41. The van der Waals surface area contributed by atoms with Crippen LogP contribution < -0.4 is 0 Å². The summed E-state index contributed by atoms with van der Waals surface area (Å²) >= 11 is 0. The lowest BCUT2D eigenvalue weighted by Crippen LogP contribution is -2.33. The minimum atomic E-state index is -0.289. The molecule has 0 unspecified atom stereocenters. The van der Waals surface area contributed by atoms with Gasteiger partial charge < -0.3 is 9.47 Å². The van der Waals surface area contributed by atoms with Gasteiger partial charge >= 0.3 is 5.97 Å². The van der Waals surface area contributed by atoms with E-state index in [1.54, 1.807) is 0 Å². The van der Waals surface area contributed by atoms with Gasteiger partial charge in [0.1, 0.15) is 0 Å². The van der Waals surface area contributed by atoms with E-state index in [9.17, 15) is 4.79 Å². The fraction of sp³-hybridized carbons (Fsp3) is 0.900. The van der Waals surface area contributed by atoms with Crippen molar-refractivity contribution in [3.8, 4) is 0 Å². The fourth-order valence-electron chi connectivity index (χ4n) is 1.45. The lowest BCUT2D eigenvalue weighted by atomic mass is 10.2. The van der Waals surface area contributed by atoms with Gasteiger partial charge in [-0.3, -0.25) is 4.79 Å². The maximum Gasteiger partial charge on any atom is 0.310 e. The molecule has 1 heterocycles. The first kappa shape index (κ1) is 10.5. The van der Waals surface area contributed by atoms with Crippen LogP contribution in [-0.4, -0.2) is 18.4 Å². The SMILES string of the molecule is CCCCC[C@H]1OC(=O)C[C@@H](C)O1. The Morgan fingerprint density at radius 1 is 1.46 bits per heavy atom. The molecule has 0 bridgehead atoms. The van der Waals surface area contributed by atoms with Crippen molar-refractivity contribution in [1.82, 2.24) is 0 Å². The zero-order chi connectivity index (χ0) is 9.68. The summed E-state index contributed by atoms with van der Waals surface area (Å²) in [6, 6.07) is 0. The van der Waals surface area contributed by atoms with Gasteiger partial charge in [-0.25, -0.2) is 0 Å². The summed E-state index contributed by atoms with van der Waals surface area (Å²) in [5, 5.41) is 0. The van der Waals surface area contributed by atoms with E-state index in [0.29, 0.717) is 6.42 Å². The number of carbonyl (C=O) groups is 1. The molecule has 0 aromatic heterocycles. The number of hydrogen-bond acceptors (Lipinski definition) is 3. The number of carbonyl (C=O) groups excluding carboxylic acids is 1. The van der Waals surface area contributed by atoms with Gasteiger partial charge in [0.05, 0.1) is 12.5 Å². The first-order valence-corrected chi connectivity index (χ1v) is 5.07. The summed E-state index contributed by atoms with van der Waals surface area (Å²) in [4.78, 5) is 11.0. The third kappa shape index (κ3) is 3.77. The van der Waals surface area contributed by atoms with Crippen LogP contribution in [0, 0.1) is 0 Å². The van der Waals surface area contributed by atoms with E-state index in [4.69, 9.17) is 9.47 Å². The highest BCUT2D eigenvalue weighted by atomic mass is 16.7. The molecule has 1 aliphatic rings. The topological polar surface area (TPSA) is 35.5 Å². The molecule has 3 nitrogen and oxygen atoms in total. The van der Waals surface area contributed by atoms with Crippen LogP contribution in [-0.2, 0) is 14.3 Å². The third-order valence-corrected chi connectivity index (χ3v) is 2.14. The number of rotatable bonds is 4. The van der Waals surface area contributed by atoms with Gasteiger partial charge in [0.25, 0.3) is 0 Å². The molecule has 0 aromatic carbocycles. The molecule has 0 radical (unpaired) electrons. The second kappa shape index (κ2) is 5.22. The molecule has 0 N–H and O–H groups in total. The maximum absolute atomic E-state index is 11.0. The van der Waals surface area contributed by atoms with E-state index in [2.05, 4.69) is 6.92 Å². The van der Waals surface area contributed by atoms with E-state index < -0.39 is 0 Å². The van der Waals surface area contributed by atoms with Crippen LogP contribution in [0.3, 0.4) is 0 Å². The molecule has 1 saturated heterocycles. The molecule has 0 aliphatic carbocycles. The molecule has 0 aromatic rings. The van der Waals surface area contributed by atoms with Gasteiger partial charge in [0, 0.05) is 6.42 Å². The Kier molecular flexibility index (Phi) is 4.22. The van der Waals surface area contributed by atoms with Gasteiger partial charge in [-0.15, -0.1) is 0 Å². The molecule has 0 amide bonds. The fourth-order valence-corrected chi connectivity index (χ4v) is 1.45. The Labute approximate surface area is 79.4 Å². The summed E-state index contributed by atoms with van der Waals surface area (Å²) in [6.45, 7) is 4.06. The zero-order valence-corrected chi connectivity index (χ0v) is 8.41. The summed E-state index contributed by atoms with van der Waals surface area (Å²) in [6.07, 6.45) is 4.38. The second-order valence-electron chi connectivity index (χ2n) is 3.57. The quantitative estimate of drug-likeness (QED) is 0.499. The number of unbranched alkanes of at least 4 members (excludes halogenated alkanes) is 2. The van der Waals surface area contributed by atoms with E-state index >= 15 is 0 Å². The molecule has 0 spiro atoms. The van der Waals surface area contributed by atoms with Crippen LogP contribution >= 0.6 is 0 Å². The lowest BCUT2D eigenvalue weighted by Gasteiger charge is -2.27. The van der Waals surface area contributed by atoms with Crippen LogP contribution in [0.1, 0.15) is 46.0 Å². The number of cyclic esters (lactones) is 1. The van der Waals surface area contributed by atoms with Gasteiger partial charge in [-0.2, -0.15) is 0 Å². The van der Waals surface area contributed by atoms with Crippen LogP contribution in [0.25, 0.3) is 0 Å². The van der Waals surface area contributed by atoms with Gasteiger partial charge in [-0.1, -0.05) is 19.8 Å². The Morgan fingerprint density at radius 2 is 2.23 bits per heavy atom. The number of ether oxygens (including phenoxy) is 2. The Morgan fingerprint density at radius 3 is 2.85 bits per heavy atom. The van der Waals surface area contributed by atoms with Crippen molar-refractivity contribution >= 4 is 5.97 Å². The van der Waals surface area contributed by atoms with Crippen molar-refractivity contribution in [2.75, 3.05) is 0 Å². The molecular weight excluding hydrogens is 168 g/mol. The summed E-state index contributed by atoms with van der Waals surface area (Å²) in [5.74, 6) is -0.125. The predicted molar refractivity (Wildman–Crippen MR) is 49.2 cm³/mol. The van der Waals surface area contributed by atoms with E-state index in [0.717, 1.165) is 12.8 Å². The molecule has 1 rings (SSSR count). The minimum Gasteiger partial charge on any atom is -0.436 e. The molecular formula is C10H18O3. The van der Waals surface area contributed by atoms with Crippen molar-refractivity contribution in [1.29, 1.82) is 0 Å². The Balaban J connectivity index is 2.21. The maximum atomic E-state index is 11.0. The minimum absolute atomic E-state index is 0.0212. The smallest absolute Gasteiger partial charge is 0.310 e. The molecule has 1 aliphatic heterocycles. The Bertz CT molecular complexity index is 168. The summed E-state index contributed by atoms with van der Waals surface area (Å²) in [5.41, 5.74) is 0. The molecule has 1 fully saturated rings. The van der Waals surface area contributed by atoms with Crippen LogP contribution in [0.2, 0.25) is 0 Å². The van der Waals surface area contributed by atoms with Gasteiger partial charge in [0.15, 0.2) is 0 Å². The second-order valence-corrected chi connectivity index (χ2v) is 3.57. The van der Waals surface area contributed by atoms with Crippen molar-refractivity contribution < 1.29 is 14.3 Å². The average Bonchev–Trinajstić information content (AvgIpc) is 2.03. The number of hydrogen-bond donors (Lipinski definition) is 0. The Hall–Kier alpha value is -0.570. The van der Waals surface area contributed by atoms with Crippen molar-refractivity contribution in [3.05, 3.63) is 0 Å². The van der Waals surface area contributed by atoms with Gasteiger partial charge in [-0.05, 0) is 13.3 Å².